The topological polar surface area (TPSA) is 50.5 Å². The quantitative estimate of drug-likeness (QED) is 0.866. The zero-order valence-electron chi connectivity index (χ0n) is 14.5. The molecule has 1 aliphatic heterocycles. The van der Waals surface area contributed by atoms with Crippen LogP contribution in [0.1, 0.15) is 42.6 Å². The van der Waals surface area contributed by atoms with Crippen LogP contribution in [0.2, 0.25) is 0 Å². The van der Waals surface area contributed by atoms with Crippen molar-refractivity contribution in [2.24, 2.45) is 12.0 Å². The Morgan fingerprint density at radius 1 is 1.24 bits per heavy atom. The first-order valence-electron chi connectivity index (χ1n) is 9.16. The fraction of sp³-hybridized carbons (Fsp3) is 0.450. The summed E-state index contributed by atoms with van der Waals surface area (Å²) >= 11 is 0. The molecule has 2 aromatic heterocycles. The number of pyridine rings is 1. The highest BCUT2D eigenvalue weighted by molar-refractivity contribution is 6.05. The lowest BCUT2D eigenvalue weighted by atomic mass is 9.88. The first-order valence-corrected chi connectivity index (χ1v) is 9.16. The summed E-state index contributed by atoms with van der Waals surface area (Å²) in [5.74, 6) is 0.100. The fourth-order valence-electron chi connectivity index (χ4n) is 4.31. The summed E-state index contributed by atoms with van der Waals surface area (Å²) in [6.45, 7) is 0.865. The van der Waals surface area contributed by atoms with Crippen LogP contribution in [0.4, 0.5) is 0 Å². The third kappa shape index (κ3) is 2.41. The van der Waals surface area contributed by atoms with Gasteiger partial charge < -0.3 is 9.47 Å². The molecule has 128 valence electrons. The van der Waals surface area contributed by atoms with Crippen LogP contribution in [0.25, 0.3) is 10.9 Å². The summed E-state index contributed by atoms with van der Waals surface area (Å²) in [5.41, 5.74) is 4.50. The fourth-order valence-corrected chi connectivity index (χ4v) is 4.31. The minimum Gasteiger partial charge on any atom is -0.350 e. The molecule has 1 fully saturated rings. The number of aryl methyl sites for hydroxylation is 1. The summed E-state index contributed by atoms with van der Waals surface area (Å²) in [5, 5.41) is 0.957. The predicted octanol–water partition coefficient (Wildman–Crippen LogP) is 3.11. The Morgan fingerprint density at radius 2 is 2.12 bits per heavy atom. The Balaban J connectivity index is 1.50. The lowest BCUT2D eigenvalue weighted by molar-refractivity contribution is 0.0641. The van der Waals surface area contributed by atoms with E-state index in [0.717, 1.165) is 49.6 Å². The van der Waals surface area contributed by atoms with E-state index in [0.29, 0.717) is 11.7 Å². The number of carbonyl (C=O) groups excluding carboxylic acids is 1. The largest absolute Gasteiger partial charge is 0.350 e. The van der Waals surface area contributed by atoms with Crippen LogP contribution in [0.3, 0.4) is 0 Å². The van der Waals surface area contributed by atoms with Crippen LogP contribution in [-0.4, -0.2) is 45.2 Å². The van der Waals surface area contributed by atoms with Gasteiger partial charge in [-0.1, -0.05) is 0 Å². The van der Waals surface area contributed by atoms with Gasteiger partial charge in [-0.15, -0.1) is 0 Å². The molecule has 5 rings (SSSR count). The molecule has 1 saturated carbocycles. The van der Waals surface area contributed by atoms with Gasteiger partial charge in [0.15, 0.2) is 0 Å². The van der Waals surface area contributed by atoms with Crippen molar-refractivity contribution in [3.8, 4) is 0 Å². The molecule has 0 N–H and O–H groups in total. The van der Waals surface area contributed by atoms with Gasteiger partial charge in [0, 0.05) is 43.1 Å². The summed E-state index contributed by atoms with van der Waals surface area (Å²) < 4.78 is 2.04. The molecule has 1 unspecified atom stereocenters. The smallest absolute Gasteiger partial charge is 0.273 e. The Labute approximate surface area is 147 Å². The third-order valence-electron chi connectivity index (χ3n) is 5.80. The number of hydrogen-bond donors (Lipinski definition) is 0. The van der Waals surface area contributed by atoms with Crippen LogP contribution < -0.4 is 0 Å². The zero-order valence-corrected chi connectivity index (χ0v) is 14.5. The number of nitrogens with zero attached hydrogens (tertiary/aromatic N) is 4. The van der Waals surface area contributed by atoms with Gasteiger partial charge >= 0.3 is 0 Å². The molecule has 3 aliphatic rings. The normalized spacial score (nSPS) is 22.5. The average molecular weight is 334 g/mol. The van der Waals surface area contributed by atoms with Crippen molar-refractivity contribution in [1.82, 2.24) is 14.5 Å². The molecule has 0 saturated heterocycles. The molecule has 0 aromatic carbocycles. The van der Waals surface area contributed by atoms with Gasteiger partial charge in [-0.25, -0.2) is 0 Å². The van der Waals surface area contributed by atoms with Crippen LogP contribution >= 0.6 is 0 Å². The van der Waals surface area contributed by atoms with Crippen molar-refractivity contribution < 1.29 is 4.79 Å². The molecule has 0 bridgehead atoms. The van der Waals surface area contributed by atoms with E-state index in [1.807, 2.05) is 36.2 Å². The lowest BCUT2D eigenvalue weighted by Crippen LogP contribution is -2.43. The number of aliphatic imine (C=N–C) groups is 1. The molecule has 1 atom stereocenters. The highest BCUT2D eigenvalue weighted by atomic mass is 16.2. The molecule has 0 radical (unpaired) electrons. The highest BCUT2D eigenvalue weighted by Crippen LogP contribution is 2.37. The maximum absolute atomic E-state index is 13.4. The van der Waals surface area contributed by atoms with E-state index in [1.165, 1.54) is 11.1 Å². The van der Waals surface area contributed by atoms with Crippen molar-refractivity contribution in [3.63, 3.8) is 0 Å². The summed E-state index contributed by atoms with van der Waals surface area (Å²) in [6.07, 6.45) is 11.1. The minimum atomic E-state index is 0.100. The second-order valence-electron chi connectivity index (χ2n) is 7.46. The number of hydrogen-bond acceptors (Lipinski definition) is 3. The van der Waals surface area contributed by atoms with E-state index < -0.39 is 0 Å². The molecule has 0 spiro atoms. The van der Waals surface area contributed by atoms with Gasteiger partial charge in [-0.2, -0.15) is 0 Å². The lowest BCUT2D eigenvalue weighted by Gasteiger charge is -2.35. The molecular formula is C20H22N4O. The van der Waals surface area contributed by atoms with E-state index in [1.54, 1.807) is 6.20 Å². The summed E-state index contributed by atoms with van der Waals surface area (Å²) in [7, 11) is 2.00. The molecule has 5 nitrogen and oxygen atoms in total. The molecule has 1 amide bonds. The van der Waals surface area contributed by atoms with Crippen LogP contribution in [0, 0.1) is 0 Å². The maximum Gasteiger partial charge on any atom is 0.273 e. The van der Waals surface area contributed by atoms with E-state index in [4.69, 9.17) is 0 Å². The number of carbonyl (C=O) groups is 1. The maximum atomic E-state index is 13.4. The standard InChI is InChI=1S/C20H22N4O/c1-23-9-7-17-18(23)6-8-22-19(17)20(25)24(15-4-5-15)16-3-2-13-11-21-12-14(13)10-16/h6-9,12,15-16H,2-5,10-11H2,1H3. The first-order chi connectivity index (χ1) is 12.2. The molecular weight excluding hydrogens is 312 g/mol. The Morgan fingerprint density at radius 3 is 2.96 bits per heavy atom. The number of fused-ring (bicyclic) bond motifs is 1. The van der Waals surface area contributed by atoms with Crippen molar-refractivity contribution in [3.05, 3.63) is 41.4 Å². The SMILES string of the molecule is Cn1ccc2c(C(=O)N(C3CC3)C3CCC4=C(C=NC4)C3)nccc21. The monoisotopic (exact) mass is 334 g/mol. The molecule has 25 heavy (non-hydrogen) atoms. The van der Waals surface area contributed by atoms with E-state index in [-0.39, 0.29) is 11.9 Å². The third-order valence-corrected chi connectivity index (χ3v) is 5.80. The number of amides is 1. The molecule has 3 heterocycles. The van der Waals surface area contributed by atoms with Crippen molar-refractivity contribution in [2.75, 3.05) is 6.54 Å². The Hall–Kier alpha value is -2.43. The number of rotatable bonds is 3. The number of aromatic nitrogens is 2. The van der Waals surface area contributed by atoms with E-state index in [9.17, 15) is 4.79 Å². The molecule has 2 aromatic rings. The molecule has 5 heteroatoms. The second kappa shape index (κ2) is 5.55. The summed E-state index contributed by atoms with van der Waals surface area (Å²) in [4.78, 5) is 24.5. The average Bonchev–Trinajstić information content (AvgIpc) is 3.22. The van der Waals surface area contributed by atoms with Gasteiger partial charge in [0.2, 0.25) is 0 Å². The van der Waals surface area contributed by atoms with Crippen molar-refractivity contribution in [1.29, 1.82) is 0 Å². The van der Waals surface area contributed by atoms with Gasteiger partial charge in [0.1, 0.15) is 5.69 Å². The minimum absolute atomic E-state index is 0.100. The van der Waals surface area contributed by atoms with Crippen molar-refractivity contribution in [2.45, 2.75) is 44.2 Å². The van der Waals surface area contributed by atoms with Crippen molar-refractivity contribution >= 4 is 23.0 Å². The van der Waals surface area contributed by atoms with Crippen LogP contribution in [0.5, 0.6) is 0 Å². The van der Waals surface area contributed by atoms with Gasteiger partial charge in [0.05, 0.1) is 12.1 Å². The van der Waals surface area contributed by atoms with E-state index >= 15 is 0 Å². The van der Waals surface area contributed by atoms with Gasteiger partial charge in [-0.3, -0.25) is 14.8 Å². The van der Waals surface area contributed by atoms with Crippen LogP contribution in [-0.2, 0) is 7.05 Å². The predicted molar refractivity (Wildman–Crippen MR) is 97.9 cm³/mol. The van der Waals surface area contributed by atoms with Gasteiger partial charge in [0.25, 0.3) is 5.91 Å². The molecule has 2 aliphatic carbocycles. The Bertz CT molecular complexity index is 919. The van der Waals surface area contributed by atoms with Gasteiger partial charge in [-0.05, 0) is 55.4 Å². The first kappa shape index (κ1) is 14.9. The zero-order chi connectivity index (χ0) is 17.0. The second-order valence-corrected chi connectivity index (χ2v) is 7.46. The van der Waals surface area contributed by atoms with Crippen LogP contribution in [0.15, 0.2) is 40.7 Å². The highest BCUT2D eigenvalue weighted by Gasteiger charge is 2.40. The van der Waals surface area contributed by atoms with E-state index in [2.05, 4.69) is 14.9 Å². The summed E-state index contributed by atoms with van der Waals surface area (Å²) in [6, 6.07) is 4.65. The Kier molecular flexibility index (Phi) is 3.30.